The first kappa shape index (κ1) is 18.5. The van der Waals surface area contributed by atoms with Gasteiger partial charge in [-0.1, -0.05) is 11.8 Å². The summed E-state index contributed by atoms with van der Waals surface area (Å²) in [6, 6.07) is 15.6. The van der Waals surface area contributed by atoms with E-state index in [1.807, 2.05) is 62.4 Å². The van der Waals surface area contributed by atoms with Gasteiger partial charge in [0.25, 0.3) is 0 Å². The van der Waals surface area contributed by atoms with Crippen molar-refractivity contribution >= 4 is 22.4 Å². The van der Waals surface area contributed by atoms with Gasteiger partial charge < -0.3 is 10.1 Å². The van der Waals surface area contributed by atoms with E-state index in [4.69, 9.17) is 4.74 Å². The molecule has 4 rings (SSSR count). The number of pyridine rings is 1. The smallest absolute Gasteiger partial charge is 0.145 e. The van der Waals surface area contributed by atoms with Crippen molar-refractivity contribution < 1.29 is 4.74 Å². The Hall–Kier alpha value is -3.91. The van der Waals surface area contributed by atoms with Crippen LogP contribution in [0, 0.1) is 32.6 Å². The first-order valence-electron chi connectivity index (χ1n) is 9.13. The molecule has 2 aromatic heterocycles. The van der Waals surface area contributed by atoms with E-state index in [0.29, 0.717) is 5.75 Å². The lowest BCUT2D eigenvalue weighted by atomic mass is 10.1. The highest BCUT2D eigenvalue weighted by atomic mass is 16.5. The molecule has 0 unspecified atom stereocenters. The molecule has 0 spiro atoms. The molecule has 0 aliphatic heterocycles. The van der Waals surface area contributed by atoms with Crippen molar-refractivity contribution in [3.05, 3.63) is 84.8 Å². The first-order valence-corrected chi connectivity index (χ1v) is 9.13. The second kappa shape index (κ2) is 7.99. The van der Waals surface area contributed by atoms with Gasteiger partial charge in [0.2, 0.25) is 0 Å². The molecule has 0 saturated carbocycles. The zero-order chi connectivity index (χ0) is 20.2. The van der Waals surface area contributed by atoms with Crippen LogP contribution in [0.1, 0.15) is 16.8 Å². The van der Waals surface area contributed by atoms with Crippen LogP contribution in [0.15, 0.2) is 61.1 Å². The maximum atomic E-state index is 5.95. The van der Waals surface area contributed by atoms with E-state index in [9.17, 15) is 0 Å². The van der Waals surface area contributed by atoms with Crippen LogP contribution in [-0.4, -0.2) is 15.0 Å². The minimum absolute atomic E-state index is 0.709. The normalized spacial score (nSPS) is 10.3. The summed E-state index contributed by atoms with van der Waals surface area (Å²) in [4.78, 5) is 13.0. The largest absolute Gasteiger partial charge is 0.455 e. The van der Waals surface area contributed by atoms with Crippen LogP contribution in [0.3, 0.4) is 0 Å². The van der Waals surface area contributed by atoms with Crippen molar-refractivity contribution in [2.45, 2.75) is 13.8 Å². The molecule has 0 amide bonds. The molecule has 29 heavy (non-hydrogen) atoms. The Morgan fingerprint density at radius 3 is 2.62 bits per heavy atom. The van der Waals surface area contributed by atoms with E-state index < -0.39 is 0 Å². The molecule has 0 aliphatic carbocycles. The molecule has 5 heteroatoms. The molecule has 0 aliphatic rings. The van der Waals surface area contributed by atoms with Gasteiger partial charge in [0, 0.05) is 29.3 Å². The molecule has 1 N–H and O–H groups in total. The summed E-state index contributed by atoms with van der Waals surface area (Å²) in [6.45, 7) is 7.53. The van der Waals surface area contributed by atoms with Crippen LogP contribution in [-0.2, 0) is 0 Å². The number of aromatic nitrogens is 3. The third-order valence-corrected chi connectivity index (χ3v) is 4.42. The second-order valence-electron chi connectivity index (χ2n) is 6.60. The van der Waals surface area contributed by atoms with Gasteiger partial charge in [-0.25, -0.2) is 9.97 Å². The topological polar surface area (TPSA) is 59.9 Å². The van der Waals surface area contributed by atoms with Gasteiger partial charge in [0.1, 0.15) is 23.6 Å². The zero-order valence-corrected chi connectivity index (χ0v) is 16.2. The molecule has 0 saturated heterocycles. The van der Waals surface area contributed by atoms with Crippen molar-refractivity contribution in [3.8, 4) is 23.3 Å². The van der Waals surface area contributed by atoms with E-state index in [1.165, 1.54) is 0 Å². The number of benzene rings is 2. The summed E-state index contributed by atoms with van der Waals surface area (Å²) in [7, 11) is 0. The summed E-state index contributed by atoms with van der Waals surface area (Å²) in [6.07, 6.45) is 3.27. The van der Waals surface area contributed by atoms with Crippen molar-refractivity contribution in [1.29, 1.82) is 0 Å². The highest BCUT2D eigenvalue weighted by Gasteiger charge is 2.08. The number of ether oxygens (including phenoxy) is 1. The molecule has 0 bridgehead atoms. The number of anilines is 2. The third kappa shape index (κ3) is 4.17. The van der Waals surface area contributed by atoms with Crippen LogP contribution < -0.4 is 10.1 Å². The standard InChI is InChI=1S/C24H19N4O/c1-4-5-18-7-10-22-21(13-18)24(27-15-26-22)28-19-8-11-23(16(2)12-19)29-20-9-6-17(3)25-14-20/h6-15H,1H2,2-3H3,(H,26,27,28). The van der Waals surface area contributed by atoms with E-state index in [1.54, 1.807) is 12.5 Å². The fraction of sp³-hybridized carbons (Fsp3) is 0.0833. The molecular weight excluding hydrogens is 360 g/mol. The predicted molar refractivity (Wildman–Crippen MR) is 115 cm³/mol. The lowest BCUT2D eigenvalue weighted by Crippen LogP contribution is -1.97. The van der Waals surface area contributed by atoms with Crippen molar-refractivity contribution in [1.82, 2.24) is 15.0 Å². The Balaban J connectivity index is 1.61. The van der Waals surface area contributed by atoms with Gasteiger partial charge in [-0.05, 0) is 67.9 Å². The lowest BCUT2D eigenvalue weighted by molar-refractivity contribution is 0.476. The Morgan fingerprint density at radius 1 is 0.966 bits per heavy atom. The van der Waals surface area contributed by atoms with Crippen molar-refractivity contribution in [3.63, 3.8) is 0 Å². The number of nitrogens with zero attached hydrogens (tertiary/aromatic N) is 3. The van der Waals surface area contributed by atoms with Crippen LogP contribution in [0.5, 0.6) is 11.5 Å². The van der Waals surface area contributed by atoms with Gasteiger partial charge >= 0.3 is 0 Å². The third-order valence-electron chi connectivity index (χ3n) is 4.42. The van der Waals surface area contributed by atoms with Gasteiger partial charge in [-0.2, -0.15) is 0 Å². The maximum absolute atomic E-state index is 5.95. The summed E-state index contributed by atoms with van der Waals surface area (Å²) < 4.78 is 5.95. The van der Waals surface area contributed by atoms with Gasteiger partial charge in [0.15, 0.2) is 0 Å². The molecule has 141 valence electrons. The fourth-order valence-corrected chi connectivity index (χ4v) is 2.96. The molecular formula is C24H19N4O. The SMILES string of the molecule is [CH2]C#Cc1ccc2ncnc(Nc3ccc(Oc4ccc(C)nc4)c(C)c3)c2c1. The monoisotopic (exact) mass is 379 g/mol. The Kier molecular flexibility index (Phi) is 5.08. The first-order chi connectivity index (χ1) is 14.1. The fourth-order valence-electron chi connectivity index (χ4n) is 2.96. The summed E-state index contributed by atoms with van der Waals surface area (Å²) in [5, 5.41) is 4.27. The Bertz CT molecular complexity index is 1240. The molecule has 0 fully saturated rings. The van der Waals surface area contributed by atoms with E-state index in [0.717, 1.165) is 45.0 Å². The van der Waals surface area contributed by atoms with E-state index >= 15 is 0 Å². The van der Waals surface area contributed by atoms with Gasteiger partial charge in [-0.15, -0.1) is 0 Å². The zero-order valence-electron chi connectivity index (χ0n) is 16.2. The number of aryl methyl sites for hydroxylation is 2. The number of fused-ring (bicyclic) bond motifs is 1. The number of hydrogen-bond donors (Lipinski definition) is 1. The molecule has 4 aromatic rings. The highest BCUT2D eigenvalue weighted by Crippen LogP contribution is 2.29. The summed E-state index contributed by atoms with van der Waals surface area (Å²) in [5.74, 6) is 7.85. The predicted octanol–water partition coefficient (Wildman–Crippen LogP) is 5.36. The summed E-state index contributed by atoms with van der Waals surface area (Å²) >= 11 is 0. The average molecular weight is 379 g/mol. The molecule has 2 aromatic carbocycles. The average Bonchev–Trinajstić information content (AvgIpc) is 2.72. The van der Waals surface area contributed by atoms with Crippen molar-refractivity contribution in [2.24, 2.45) is 0 Å². The maximum Gasteiger partial charge on any atom is 0.145 e. The number of hydrogen-bond acceptors (Lipinski definition) is 5. The summed E-state index contributed by atoms with van der Waals surface area (Å²) in [5.41, 5.74) is 4.58. The van der Waals surface area contributed by atoms with Crippen LogP contribution in [0.25, 0.3) is 10.9 Å². The van der Waals surface area contributed by atoms with E-state index in [2.05, 4.69) is 39.0 Å². The lowest BCUT2D eigenvalue weighted by Gasteiger charge is -2.12. The van der Waals surface area contributed by atoms with Gasteiger partial charge in [-0.3, -0.25) is 4.98 Å². The molecule has 2 heterocycles. The van der Waals surface area contributed by atoms with Crippen LogP contribution in [0.2, 0.25) is 0 Å². The van der Waals surface area contributed by atoms with E-state index in [-0.39, 0.29) is 0 Å². The van der Waals surface area contributed by atoms with Crippen molar-refractivity contribution in [2.75, 3.05) is 5.32 Å². The molecule has 0 atom stereocenters. The minimum atomic E-state index is 0.709. The molecule has 5 nitrogen and oxygen atoms in total. The number of nitrogens with one attached hydrogen (secondary N) is 1. The minimum Gasteiger partial charge on any atom is -0.455 e. The Morgan fingerprint density at radius 2 is 1.86 bits per heavy atom. The number of rotatable bonds is 4. The Labute approximate surface area is 169 Å². The van der Waals surface area contributed by atoms with Gasteiger partial charge in [0.05, 0.1) is 11.7 Å². The highest BCUT2D eigenvalue weighted by molar-refractivity contribution is 5.91. The second-order valence-corrected chi connectivity index (χ2v) is 6.60. The molecule has 1 radical (unpaired) electrons. The van der Waals surface area contributed by atoms with Crippen LogP contribution >= 0.6 is 0 Å². The van der Waals surface area contributed by atoms with Crippen LogP contribution in [0.4, 0.5) is 11.5 Å². The quantitative estimate of drug-likeness (QED) is 0.484.